The van der Waals surface area contributed by atoms with E-state index in [9.17, 15) is 9.59 Å². The molecule has 2 N–H and O–H groups in total. The summed E-state index contributed by atoms with van der Waals surface area (Å²) in [7, 11) is 0. The van der Waals surface area contributed by atoms with Gasteiger partial charge in [-0.2, -0.15) is 0 Å². The van der Waals surface area contributed by atoms with Crippen molar-refractivity contribution in [3.05, 3.63) is 94.0 Å². The van der Waals surface area contributed by atoms with Gasteiger partial charge in [-0.1, -0.05) is 45.8 Å². The Hall–Kier alpha value is -3.12. The minimum atomic E-state index is -0.220. The van der Waals surface area contributed by atoms with Crippen molar-refractivity contribution in [1.29, 1.82) is 0 Å². The number of carbonyl (C=O) groups is 2. The first kappa shape index (κ1) is 20.6. The van der Waals surface area contributed by atoms with Crippen molar-refractivity contribution >= 4 is 33.4 Å². The monoisotopic (exact) mass is 452 g/mol. The van der Waals surface area contributed by atoms with E-state index in [0.29, 0.717) is 23.5 Å². The zero-order valence-electron chi connectivity index (χ0n) is 15.9. The molecule has 0 heterocycles. The third kappa shape index (κ3) is 6.47. The van der Waals surface area contributed by atoms with Gasteiger partial charge in [0.25, 0.3) is 11.8 Å². The molecule has 0 aromatic heterocycles. The fourth-order valence-corrected chi connectivity index (χ4v) is 2.86. The van der Waals surface area contributed by atoms with Gasteiger partial charge >= 0.3 is 0 Å². The molecule has 0 radical (unpaired) electrons. The summed E-state index contributed by atoms with van der Waals surface area (Å²) in [6.45, 7) is 2.26. The molecule has 0 fully saturated rings. The zero-order valence-corrected chi connectivity index (χ0v) is 17.5. The largest absolute Gasteiger partial charge is 0.484 e. The number of benzene rings is 3. The Balaban J connectivity index is 1.50. The van der Waals surface area contributed by atoms with Crippen LogP contribution in [0.5, 0.6) is 5.75 Å². The molecule has 3 aromatic rings. The number of hydrogen-bond acceptors (Lipinski definition) is 3. The first-order chi connectivity index (χ1) is 14.0. The average Bonchev–Trinajstić information content (AvgIpc) is 2.72. The topological polar surface area (TPSA) is 67.4 Å². The summed E-state index contributed by atoms with van der Waals surface area (Å²) in [5, 5.41) is 5.69. The summed E-state index contributed by atoms with van der Waals surface area (Å²) in [6.07, 6.45) is 0. The number of amides is 2. The van der Waals surface area contributed by atoms with Crippen molar-refractivity contribution in [3.63, 3.8) is 0 Å². The van der Waals surface area contributed by atoms with Crippen LogP contribution in [0, 0.1) is 6.92 Å². The molecule has 2 amide bonds. The van der Waals surface area contributed by atoms with Gasteiger partial charge in [0.1, 0.15) is 5.75 Å². The number of ether oxygens (including phenoxy) is 1. The molecule has 0 aliphatic carbocycles. The molecule has 0 unspecified atom stereocenters. The molecule has 0 saturated carbocycles. The quantitative estimate of drug-likeness (QED) is 0.545. The highest BCUT2D eigenvalue weighted by Gasteiger charge is 2.07. The normalized spacial score (nSPS) is 10.3. The Morgan fingerprint density at radius 2 is 1.69 bits per heavy atom. The summed E-state index contributed by atoms with van der Waals surface area (Å²) in [6, 6.07) is 22.0. The predicted molar refractivity (Wildman–Crippen MR) is 117 cm³/mol. The number of anilines is 1. The van der Waals surface area contributed by atoms with E-state index in [2.05, 4.69) is 26.6 Å². The summed E-state index contributed by atoms with van der Waals surface area (Å²) in [5.74, 6) is 0.236. The van der Waals surface area contributed by atoms with Gasteiger partial charge in [0.2, 0.25) is 0 Å². The molecule has 0 saturated heterocycles. The highest BCUT2D eigenvalue weighted by Crippen LogP contribution is 2.16. The first-order valence-electron chi connectivity index (χ1n) is 9.11. The van der Waals surface area contributed by atoms with Crippen LogP contribution in [0.1, 0.15) is 21.5 Å². The third-order valence-corrected chi connectivity index (χ3v) is 4.70. The molecule has 148 valence electrons. The van der Waals surface area contributed by atoms with Crippen LogP contribution in [0.3, 0.4) is 0 Å². The third-order valence-electron chi connectivity index (χ3n) is 4.17. The van der Waals surface area contributed by atoms with Crippen LogP contribution in [0.4, 0.5) is 5.69 Å². The first-order valence-corrected chi connectivity index (χ1v) is 9.91. The maximum absolute atomic E-state index is 12.3. The van der Waals surface area contributed by atoms with Crippen molar-refractivity contribution in [2.75, 3.05) is 11.9 Å². The van der Waals surface area contributed by atoms with E-state index in [-0.39, 0.29) is 18.4 Å². The van der Waals surface area contributed by atoms with Gasteiger partial charge in [0.15, 0.2) is 6.61 Å². The van der Waals surface area contributed by atoms with Gasteiger partial charge < -0.3 is 15.4 Å². The number of carbonyl (C=O) groups excluding carboxylic acids is 2. The van der Waals surface area contributed by atoms with E-state index >= 15 is 0 Å². The number of nitrogens with one attached hydrogen (secondary N) is 2. The van der Waals surface area contributed by atoms with Gasteiger partial charge in [-0.25, -0.2) is 0 Å². The van der Waals surface area contributed by atoms with Gasteiger partial charge in [0.05, 0.1) is 0 Å². The fraction of sp³-hybridized carbons (Fsp3) is 0.130. The Kier molecular flexibility index (Phi) is 7.03. The molecule has 0 aliphatic rings. The lowest BCUT2D eigenvalue weighted by Gasteiger charge is -2.10. The molecule has 0 atom stereocenters. The fourth-order valence-electron chi connectivity index (χ4n) is 2.60. The van der Waals surface area contributed by atoms with E-state index in [1.807, 2.05) is 55.5 Å². The Bertz CT molecular complexity index is 986. The second-order valence-electron chi connectivity index (χ2n) is 6.54. The molecular weight excluding hydrogens is 432 g/mol. The lowest BCUT2D eigenvalue weighted by atomic mass is 10.1. The number of halogens is 1. The Morgan fingerprint density at radius 1 is 0.966 bits per heavy atom. The van der Waals surface area contributed by atoms with Crippen LogP contribution >= 0.6 is 15.9 Å². The average molecular weight is 453 g/mol. The number of rotatable bonds is 7. The van der Waals surface area contributed by atoms with Crippen molar-refractivity contribution in [2.45, 2.75) is 13.5 Å². The maximum Gasteiger partial charge on any atom is 0.258 e. The Morgan fingerprint density at radius 3 is 2.41 bits per heavy atom. The molecule has 0 spiro atoms. The van der Waals surface area contributed by atoms with Gasteiger partial charge in [-0.3, -0.25) is 9.59 Å². The van der Waals surface area contributed by atoms with E-state index in [1.54, 1.807) is 24.3 Å². The van der Waals surface area contributed by atoms with E-state index in [1.165, 1.54) is 0 Å². The van der Waals surface area contributed by atoms with Crippen molar-refractivity contribution in [1.82, 2.24) is 5.32 Å². The lowest BCUT2D eigenvalue weighted by molar-refractivity contribution is -0.123. The van der Waals surface area contributed by atoms with Crippen molar-refractivity contribution in [3.8, 4) is 5.75 Å². The van der Waals surface area contributed by atoms with Crippen LogP contribution in [0.25, 0.3) is 0 Å². The van der Waals surface area contributed by atoms with Crippen molar-refractivity contribution < 1.29 is 14.3 Å². The highest BCUT2D eigenvalue weighted by atomic mass is 79.9. The minimum Gasteiger partial charge on any atom is -0.484 e. The minimum absolute atomic E-state index is 0.0640. The van der Waals surface area contributed by atoms with E-state index < -0.39 is 0 Å². The molecule has 6 heteroatoms. The molecular formula is C23H21BrN2O3. The van der Waals surface area contributed by atoms with Crippen LogP contribution in [-0.4, -0.2) is 18.4 Å². The maximum atomic E-state index is 12.3. The zero-order chi connectivity index (χ0) is 20.6. The molecule has 3 rings (SSSR count). The van der Waals surface area contributed by atoms with Crippen molar-refractivity contribution in [2.24, 2.45) is 0 Å². The summed E-state index contributed by atoms with van der Waals surface area (Å²) < 4.78 is 6.40. The molecule has 3 aromatic carbocycles. The van der Waals surface area contributed by atoms with Gasteiger partial charge in [-0.05, 0) is 61.0 Å². The van der Waals surface area contributed by atoms with Gasteiger partial charge in [-0.15, -0.1) is 0 Å². The summed E-state index contributed by atoms with van der Waals surface area (Å²) in [5.41, 5.74) is 3.25. The van der Waals surface area contributed by atoms with Crippen LogP contribution in [0.15, 0.2) is 77.3 Å². The lowest BCUT2D eigenvalue weighted by Crippen LogP contribution is -2.28. The molecule has 5 nitrogen and oxygen atoms in total. The Labute approximate surface area is 178 Å². The van der Waals surface area contributed by atoms with Crippen LogP contribution in [0.2, 0.25) is 0 Å². The molecule has 0 bridgehead atoms. The number of hydrogen-bond donors (Lipinski definition) is 2. The SMILES string of the molecule is Cc1ccc(C(=O)Nc2cccc(CNC(=O)COc3ccc(Br)cc3)c2)cc1. The molecule has 0 aliphatic heterocycles. The second-order valence-corrected chi connectivity index (χ2v) is 7.46. The molecule has 29 heavy (non-hydrogen) atoms. The highest BCUT2D eigenvalue weighted by molar-refractivity contribution is 9.10. The van der Waals surface area contributed by atoms with E-state index in [0.717, 1.165) is 15.6 Å². The summed E-state index contributed by atoms with van der Waals surface area (Å²) >= 11 is 3.35. The van der Waals surface area contributed by atoms with E-state index in [4.69, 9.17) is 4.74 Å². The second kappa shape index (κ2) is 9.89. The smallest absolute Gasteiger partial charge is 0.258 e. The standard InChI is InChI=1S/C23H21BrN2O3/c1-16-5-7-18(8-6-16)23(28)26-20-4-2-3-17(13-20)14-25-22(27)15-29-21-11-9-19(24)10-12-21/h2-13H,14-15H2,1H3,(H,25,27)(H,26,28). The predicted octanol–water partition coefficient (Wildman–Crippen LogP) is 4.71. The number of aryl methyl sites for hydroxylation is 1. The van der Waals surface area contributed by atoms with Gasteiger partial charge in [0, 0.05) is 22.3 Å². The summed E-state index contributed by atoms with van der Waals surface area (Å²) in [4.78, 5) is 24.4. The van der Waals surface area contributed by atoms with Crippen LogP contribution in [-0.2, 0) is 11.3 Å². The van der Waals surface area contributed by atoms with Crippen LogP contribution < -0.4 is 15.4 Å².